The van der Waals surface area contributed by atoms with E-state index in [0.717, 1.165) is 11.3 Å². The van der Waals surface area contributed by atoms with Crippen LogP contribution in [0.2, 0.25) is 15.2 Å². The summed E-state index contributed by atoms with van der Waals surface area (Å²) in [5.41, 5.74) is 3.52. The van der Waals surface area contributed by atoms with Crippen molar-refractivity contribution in [3.05, 3.63) is 44.0 Å². The largest absolute Gasteiger partial charge is 0.543 e. The maximum absolute atomic E-state index is 11.0. The quantitative estimate of drug-likeness (QED) is 0.502. The molecule has 0 spiro atoms. The number of hydrogen-bond donors (Lipinski definition) is 1. The van der Waals surface area contributed by atoms with Crippen molar-refractivity contribution in [3.8, 4) is 0 Å². The second-order valence-corrected chi connectivity index (χ2v) is 5.79. The van der Waals surface area contributed by atoms with E-state index in [1.54, 1.807) is 13.8 Å². The molecule has 0 unspecified atom stereocenters. The van der Waals surface area contributed by atoms with Gasteiger partial charge in [-0.05, 0) is 26.8 Å². The van der Waals surface area contributed by atoms with Crippen molar-refractivity contribution in [2.45, 2.75) is 20.8 Å². The molecule has 2 rings (SSSR count). The van der Waals surface area contributed by atoms with Gasteiger partial charge in [0.15, 0.2) is 5.15 Å². The molecule has 2 aromatic rings. The molecule has 0 fully saturated rings. The number of rotatable bonds is 4. The van der Waals surface area contributed by atoms with Crippen LogP contribution in [-0.2, 0) is 0 Å². The standard InChI is InChI=1S/C14H12Cl3N3O3/c1-5-4-8(7(3)23-5)6(2)19-20-11-9(15)12(14(21)22)18-13(17)10(11)16/h4H,1-3H3,(H,18,20)(H,21,22)/p-1/b19-6-. The van der Waals surface area contributed by atoms with Crippen molar-refractivity contribution < 1.29 is 14.3 Å². The lowest BCUT2D eigenvalue weighted by molar-refractivity contribution is -0.255. The zero-order valence-electron chi connectivity index (χ0n) is 12.3. The number of carbonyl (C=O) groups is 1. The summed E-state index contributed by atoms with van der Waals surface area (Å²) >= 11 is 17.8. The number of halogens is 3. The first kappa shape index (κ1) is 17.6. The highest BCUT2D eigenvalue weighted by atomic mass is 35.5. The fourth-order valence-corrected chi connectivity index (χ4v) is 2.60. The molecule has 0 bridgehead atoms. The normalized spacial score (nSPS) is 11.7. The van der Waals surface area contributed by atoms with Crippen LogP contribution in [0.3, 0.4) is 0 Å². The van der Waals surface area contributed by atoms with Crippen LogP contribution in [0, 0.1) is 13.8 Å². The highest BCUT2D eigenvalue weighted by Crippen LogP contribution is 2.36. The van der Waals surface area contributed by atoms with Crippen molar-refractivity contribution in [3.63, 3.8) is 0 Å². The number of pyridine rings is 1. The minimum Gasteiger partial charge on any atom is -0.543 e. The number of nitrogens with zero attached hydrogens (tertiary/aromatic N) is 2. The second kappa shape index (κ2) is 6.78. The van der Waals surface area contributed by atoms with E-state index < -0.39 is 11.7 Å². The number of hydrazone groups is 1. The Kier molecular flexibility index (Phi) is 5.19. The molecule has 0 atom stereocenters. The molecule has 0 aromatic carbocycles. The first-order chi connectivity index (χ1) is 10.7. The topological polar surface area (TPSA) is 90.5 Å². The molecule has 0 saturated carbocycles. The van der Waals surface area contributed by atoms with Crippen molar-refractivity contribution >= 4 is 52.2 Å². The highest BCUT2D eigenvalue weighted by Gasteiger charge is 2.17. The van der Waals surface area contributed by atoms with E-state index in [0.29, 0.717) is 11.5 Å². The van der Waals surface area contributed by atoms with Crippen LogP contribution in [0.15, 0.2) is 15.6 Å². The van der Waals surface area contributed by atoms with Crippen LogP contribution in [0.25, 0.3) is 0 Å². The average molecular weight is 376 g/mol. The van der Waals surface area contributed by atoms with Crippen LogP contribution in [0.5, 0.6) is 0 Å². The summed E-state index contributed by atoms with van der Waals surface area (Å²) < 4.78 is 5.43. The lowest BCUT2D eigenvalue weighted by atomic mass is 10.2. The number of furan rings is 1. The summed E-state index contributed by atoms with van der Waals surface area (Å²) in [6, 6.07) is 1.82. The zero-order valence-corrected chi connectivity index (χ0v) is 14.6. The van der Waals surface area contributed by atoms with Crippen LogP contribution in [-0.4, -0.2) is 16.7 Å². The number of carboxylic acids is 1. The molecule has 23 heavy (non-hydrogen) atoms. The van der Waals surface area contributed by atoms with E-state index in [1.165, 1.54) is 0 Å². The molecule has 0 amide bonds. The predicted molar refractivity (Wildman–Crippen MR) is 87.6 cm³/mol. The third-order valence-corrected chi connectivity index (χ3v) is 4.10. The molecular formula is C14H11Cl3N3O3-. The summed E-state index contributed by atoms with van der Waals surface area (Å²) in [6.07, 6.45) is 0. The van der Waals surface area contributed by atoms with Gasteiger partial charge in [-0.3, -0.25) is 5.43 Å². The molecule has 9 heteroatoms. The molecule has 1 N–H and O–H groups in total. The van der Waals surface area contributed by atoms with Gasteiger partial charge in [-0.2, -0.15) is 5.10 Å². The Morgan fingerprint density at radius 3 is 2.48 bits per heavy atom. The van der Waals surface area contributed by atoms with Crippen molar-refractivity contribution in [2.24, 2.45) is 5.10 Å². The van der Waals surface area contributed by atoms with Crippen LogP contribution in [0.1, 0.15) is 34.5 Å². The molecule has 6 nitrogen and oxygen atoms in total. The monoisotopic (exact) mass is 374 g/mol. The van der Waals surface area contributed by atoms with E-state index in [9.17, 15) is 9.90 Å². The minimum absolute atomic E-state index is 0.0322. The van der Waals surface area contributed by atoms with E-state index in [2.05, 4.69) is 15.5 Å². The summed E-state index contributed by atoms with van der Waals surface area (Å²) in [6.45, 7) is 5.37. The van der Waals surface area contributed by atoms with Gasteiger partial charge >= 0.3 is 0 Å². The number of carboxylic acid groups (broad SMARTS) is 1. The van der Waals surface area contributed by atoms with Crippen LogP contribution in [0.4, 0.5) is 5.69 Å². The maximum Gasteiger partial charge on any atom is 0.150 e. The Hall–Kier alpha value is -1.76. The van der Waals surface area contributed by atoms with Crippen LogP contribution < -0.4 is 10.5 Å². The second-order valence-electron chi connectivity index (χ2n) is 4.68. The molecule has 2 heterocycles. The van der Waals surface area contributed by atoms with Gasteiger partial charge in [0.1, 0.15) is 22.2 Å². The molecule has 2 aromatic heterocycles. The number of aromatic nitrogens is 1. The van der Waals surface area contributed by atoms with Gasteiger partial charge in [-0.1, -0.05) is 34.8 Å². The van der Waals surface area contributed by atoms with E-state index >= 15 is 0 Å². The van der Waals surface area contributed by atoms with Gasteiger partial charge in [-0.25, -0.2) is 4.98 Å². The molecule has 122 valence electrons. The number of carbonyl (C=O) groups excluding carboxylic acids is 1. The Morgan fingerprint density at radius 2 is 1.96 bits per heavy atom. The molecule has 0 radical (unpaired) electrons. The van der Waals surface area contributed by atoms with Crippen molar-refractivity contribution in [1.29, 1.82) is 0 Å². The van der Waals surface area contributed by atoms with Gasteiger partial charge in [0.2, 0.25) is 0 Å². The van der Waals surface area contributed by atoms with E-state index in [4.69, 9.17) is 39.2 Å². The van der Waals surface area contributed by atoms with E-state index in [1.807, 2.05) is 13.0 Å². The number of hydrogen-bond acceptors (Lipinski definition) is 6. The number of anilines is 1. The smallest absolute Gasteiger partial charge is 0.150 e. The SMILES string of the molecule is C/C(=N/Nc1c(Cl)c(Cl)nc(C(=O)[O-])c1Cl)c1cc(C)oc1C. The third kappa shape index (κ3) is 3.60. The Morgan fingerprint density at radius 1 is 1.30 bits per heavy atom. The van der Waals surface area contributed by atoms with Crippen molar-refractivity contribution in [1.82, 2.24) is 4.98 Å². The summed E-state index contributed by atoms with van der Waals surface area (Å²) in [7, 11) is 0. The lowest BCUT2D eigenvalue weighted by Crippen LogP contribution is -2.24. The summed E-state index contributed by atoms with van der Waals surface area (Å²) in [5.74, 6) is -0.126. The number of nitrogens with one attached hydrogen (secondary N) is 1. The van der Waals surface area contributed by atoms with Gasteiger partial charge < -0.3 is 14.3 Å². The van der Waals surface area contributed by atoms with E-state index in [-0.39, 0.29) is 20.9 Å². The maximum atomic E-state index is 11.0. The Balaban J connectivity index is 2.42. The average Bonchev–Trinajstić information content (AvgIpc) is 2.81. The zero-order chi connectivity index (χ0) is 17.3. The summed E-state index contributed by atoms with van der Waals surface area (Å²) in [5, 5.41) is 14.6. The first-order valence-corrected chi connectivity index (χ1v) is 7.49. The van der Waals surface area contributed by atoms with Gasteiger partial charge in [0, 0.05) is 5.56 Å². The number of aromatic carboxylic acids is 1. The van der Waals surface area contributed by atoms with Gasteiger partial charge in [0.25, 0.3) is 0 Å². The summed E-state index contributed by atoms with van der Waals surface area (Å²) in [4.78, 5) is 14.6. The minimum atomic E-state index is -1.57. The van der Waals surface area contributed by atoms with Gasteiger partial charge in [-0.15, -0.1) is 0 Å². The molecule has 0 saturated heterocycles. The molecule has 0 aliphatic heterocycles. The predicted octanol–water partition coefficient (Wildman–Crippen LogP) is 3.45. The van der Waals surface area contributed by atoms with Crippen LogP contribution >= 0.6 is 34.8 Å². The lowest BCUT2D eigenvalue weighted by Gasteiger charge is -2.12. The molecule has 0 aliphatic rings. The van der Waals surface area contributed by atoms with Gasteiger partial charge in [0.05, 0.1) is 22.4 Å². The molecule has 0 aliphatic carbocycles. The Labute approximate surface area is 147 Å². The van der Waals surface area contributed by atoms with Crippen molar-refractivity contribution in [2.75, 3.05) is 5.43 Å². The highest BCUT2D eigenvalue weighted by molar-refractivity contribution is 6.46. The first-order valence-electron chi connectivity index (χ1n) is 6.36. The third-order valence-electron chi connectivity index (χ3n) is 3.00. The fourth-order valence-electron chi connectivity index (χ4n) is 1.94. The fraction of sp³-hybridized carbons (Fsp3) is 0.214. The molecular weight excluding hydrogens is 365 g/mol. The Bertz CT molecular complexity index is 815. The number of aryl methyl sites for hydroxylation is 2.